The molecule has 0 radical (unpaired) electrons. The van der Waals surface area contributed by atoms with Gasteiger partial charge in [-0.25, -0.2) is 0 Å². The van der Waals surface area contributed by atoms with Crippen LogP contribution in [0.5, 0.6) is 11.5 Å². The van der Waals surface area contributed by atoms with Gasteiger partial charge in [-0.05, 0) is 36.8 Å². The van der Waals surface area contributed by atoms with Gasteiger partial charge in [-0.1, -0.05) is 46.4 Å². The molecule has 0 aliphatic rings. The molecular weight excluding hydrogens is 473 g/mol. The van der Waals surface area contributed by atoms with E-state index >= 15 is 0 Å². The molecule has 0 spiro atoms. The molecule has 0 aliphatic heterocycles. The third-order valence-electron chi connectivity index (χ3n) is 3.57. The summed E-state index contributed by atoms with van der Waals surface area (Å²) in [4.78, 5) is 0. The smallest absolute Gasteiger partial charge is 0.416 e. The van der Waals surface area contributed by atoms with E-state index < -0.39 is 11.7 Å². The molecule has 2 aromatic rings. The van der Waals surface area contributed by atoms with Gasteiger partial charge in [0, 0.05) is 24.4 Å². The molecule has 0 saturated carbocycles. The number of rotatable bonds is 9. The van der Waals surface area contributed by atoms with Crippen molar-refractivity contribution in [1.82, 2.24) is 0 Å². The van der Waals surface area contributed by atoms with Crippen LogP contribution in [-0.4, -0.2) is 19.8 Å². The van der Waals surface area contributed by atoms with Crippen molar-refractivity contribution >= 4 is 52.1 Å². The summed E-state index contributed by atoms with van der Waals surface area (Å²) in [7, 11) is 0. The Kier molecular flexibility index (Phi) is 9.08. The molecule has 0 bridgehead atoms. The molecule has 0 fully saturated rings. The van der Waals surface area contributed by atoms with E-state index in [-0.39, 0.29) is 21.1 Å². The zero-order chi connectivity index (χ0) is 21.4. The summed E-state index contributed by atoms with van der Waals surface area (Å²) in [6, 6.07) is 7.92. The van der Waals surface area contributed by atoms with Crippen molar-refractivity contribution in [3.8, 4) is 11.5 Å². The number of benzene rings is 2. The van der Waals surface area contributed by atoms with Crippen LogP contribution in [0.1, 0.15) is 12.0 Å². The summed E-state index contributed by atoms with van der Waals surface area (Å²) >= 11 is 23.3. The van der Waals surface area contributed by atoms with Gasteiger partial charge in [0.05, 0.1) is 22.2 Å². The Morgan fingerprint density at radius 2 is 1.62 bits per heavy atom. The zero-order valence-electron chi connectivity index (χ0n) is 14.8. The first-order chi connectivity index (χ1) is 13.7. The molecular formula is C19H16Cl4F3NO2. The summed E-state index contributed by atoms with van der Waals surface area (Å²) in [6.45, 7) is 0.954. The second kappa shape index (κ2) is 11.1. The van der Waals surface area contributed by atoms with E-state index in [4.69, 9.17) is 55.9 Å². The molecule has 3 nitrogen and oxygen atoms in total. The predicted molar refractivity (Wildman–Crippen MR) is 112 cm³/mol. The van der Waals surface area contributed by atoms with Crippen LogP contribution < -0.4 is 14.8 Å². The lowest BCUT2D eigenvalue weighted by Crippen LogP contribution is -2.08. The monoisotopic (exact) mass is 487 g/mol. The van der Waals surface area contributed by atoms with Gasteiger partial charge < -0.3 is 14.8 Å². The van der Waals surface area contributed by atoms with Gasteiger partial charge in [-0.2, -0.15) is 13.2 Å². The summed E-state index contributed by atoms with van der Waals surface area (Å²) in [6.07, 6.45) is -2.30. The Hall–Kier alpha value is -1.47. The second-order valence-corrected chi connectivity index (χ2v) is 7.55. The molecule has 0 aromatic heterocycles. The zero-order valence-corrected chi connectivity index (χ0v) is 17.9. The van der Waals surface area contributed by atoms with Crippen LogP contribution in [0.3, 0.4) is 0 Å². The third-order valence-corrected chi connectivity index (χ3v) is 4.44. The maximum atomic E-state index is 12.5. The van der Waals surface area contributed by atoms with Crippen LogP contribution in [0, 0.1) is 0 Å². The minimum absolute atomic E-state index is 0.0899. The molecule has 158 valence electrons. The standard InChI is InChI=1S/C19H16Cl4F3NO2/c20-15-10-14(28-9-6-17(22)23)11-16(21)18(15)29-8-1-7-27-13-4-2-12(3-5-13)19(24,25)26/h2-6,10-11,27H,1,7-9H2. The summed E-state index contributed by atoms with van der Waals surface area (Å²) in [5.74, 6) is 0.753. The van der Waals surface area contributed by atoms with Crippen LogP contribution in [-0.2, 0) is 6.18 Å². The van der Waals surface area contributed by atoms with Gasteiger partial charge in [0.15, 0.2) is 5.75 Å². The Labute approximate surface area is 186 Å². The van der Waals surface area contributed by atoms with E-state index in [2.05, 4.69) is 5.32 Å². The fourth-order valence-corrected chi connectivity index (χ4v) is 2.92. The minimum Gasteiger partial charge on any atom is -0.490 e. The molecule has 0 amide bonds. The minimum atomic E-state index is -4.35. The lowest BCUT2D eigenvalue weighted by molar-refractivity contribution is -0.137. The highest BCUT2D eigenvalue weighted by Gasteiger charge is 2.29. The first kappa shape index (κ1) is 23.8. The molecule has 0 aliphatic carbocycles. The number of halogens is 7. The van der Waals surface area contributed by atoms with E-state index in [1.54, 1.807) is 12.1 Å². The Morgan fingerprint density at radius 3 is 2.17 bits per heavy atom. The lowest BCUT2D eigenvalue weighted by atomic mass is 10.2. The molecule has 0 atom stereocenters. The van der Waals surface area contributed by atoms with Gasteiger partial charge >= 0.3 is 6.18 Å². The number of ether oxygens (including phenoxy) is 2. The number of nitrogens with one attached hydrogen (secondary N) is 1. The predicted octanol–water partition coefficient (Wildman–Crippen LogP) is 7.59. The van der Waals surface area contributed by atoms with Gasteiger partial charge in [0.2, 0.25) is 0 Å². The Morgan fingerprint density at radius 1 is 1.00 bits per heavy atom. The normalized spacial score (nSPS) is 11.1. The average molecular weight is 489 g/mol. The van der Waals surface area contributed by atoms with Crippen molar-refractivity contribution in [2.45, 2.75) is 12.6 Å². The number of hydrogen-bond donors (Lipinski definition) is 1. The number of hydrogen-bond acceptors (Lipinski definition) is 3. The Bertz CT molecular complexity index is 815. The van der Waals surface area contributed by atoms with Crippen LogP contribution in [0.25, 0.3) is 0 Å². The molecule has 29 heavy (non-hydrogen) atoms. The topological polar surface area (TPSA) is 30.5 Å². The van der Waals surface area contributed by atoms with Crippen molar-refractivity contribution in [2.24, 2.45) is 0 Å². The molecule has 1 N–H and O–H groups in total. The van der Waals surface area contributed by atoms with Crippen LogP contribution in [0.2, 0.25) is 10.0 Å². The highest BCUT2D eigenvalue weighted by molar-refractivity contribution is 6.55. The van der Waals surface area contributed by atoms with Crippen molar-refractivity contribution in [1.29, 1.82) is 0 Å². The first-order valence-corrected chi connectivity index (χ1v) is 9.85. The summed E-state index contributed by atoms with van der Waals surface area (Å²) in [5.41, 5.74) is -0.105. The maximum absolute atomic E-state index is 12.5. The van der Waals surface area contributed by atoms with Gasteiger partial charge in [-0.15, -0.1) is 0 Å². The maximum Gasteiger partial charge on any atom is 0.416 e. The SMILES string of the molecule is FC(F)(F)c1ccc(NCCCOc2c(Cl)cc(OCC=C(Cl)Cl)cc2Cl)cc1. The third kappa shape index (κ3) is 8.05. The van der Waals surface area contributed by atoms with E-state index in [1.165, 1.54) is 18.2 Å². The van der Waals surface area contributed by atoms with E-state index in [1.807, 2.05) is 0 Å². The summed E-state index contributed by atoms with van der Waals surface area (Å²) in [5, 5.41) is 3.58. The quantitative estimate of drug-likeness (QED) is 0.369. The van der Waals surface area contributed by atoms with Crippen molar-refractivity contribution < 1.29 is 22.6 Å². The molecule has 2 aromatic carbocycles. The van der Waals surface area contributed by atoms with Crippen molar-refractivity contribution in [3.05, 3.63) is 62.6 Å². The van der Waals surface area contributed by atoms with Crippen molar-refractivity contribution in [2.75, 3.05) is 25.1 Å². The van der Waals surface area contributed by atoms with Gasteiger partial charge in [-0.3, -0.25) is 0 Å². The molecule has 2 rings (SSSR count). The summed E-state index contributed by atoms with van der Waals surface area (Å²) < 4.78 is 48.7. The second-order valence-electron chi connectivity index (χ2n) is 5.72. The van der Waals surface area contributed by atoms with E-state index in [9.17, 15) is 13.2 Å². The lowest BCUT2D eigenvalue weighted by Gasteiger charge is -2.13. The fourth-order valence-electron chi connectivity index (χ4n) is 2.21. The van der Waals surface area contributed by atoms with Crippen LogP contribution in [0.15, 0.2) is 47.0 Å². The van der Waals surface area contributed by atoms with E-state index in [0.29, 0.717) is 36.8 Å². The molecule has 10 heteroatoms. The Balaban J connectivity index is 1.79. The molecule has 0 heterocycles. The molecule has 0 unspecified atom stereocenters. The fraction of sp³-hybridized carbons (Fsp3) is 0.263. The van der Waals surface area contributed by atoms with Crippen LogP contribution >= 0.6 is 46.4 Å². The van der Waals surface area contributed by atoms with E-state index in [0.717, 1.165) is 12.1 Å². The largest absolute Gasteiger partial charge is 0.490 e. The van der Waals surface area contributed by atoms with Gasteiger partial charge in [0.1, 0.15) is 16.8 Å². The first-order valence-electron chi connectivity index (χ1n) is 8.34. The highest BCUT2D eigenvalue weighted by atomic mass is 35.5. The average Bonchev–Trinajstić information content (AvgIpc) is 2.62. The van der Waals surface area contributed by atoms with Crippen molar-refractivity contribution in [3.63, 3.8) is 0 Å². The van der Waals surface area contributed by atoms with Gasteiger partial charge in [0.25, 0.3) is 0 Å². The van der Waals surface area contributed by atoms with Crippen LogP contribution in [0.4, 0.5) is 18.9 Å². The molecule has 0 saturated heterocycles. The number of anilines is 1. The number of alkyl halides is 3. The highest BCUT2D eigenvalue weighted by Crippen LogP contribution is 2.37.